The maximum Gasteiger partial charge on any atom is 0.163 e. The molecule has 1 aliphatic heterocycles. The molecule has 2 unspecified atom stereocenters. The summed E-state index contributed by atoms with van der Waals surface area (Å²) >= 11 is 1.64. The van der Waals surface area contributed by atoms with Crippen LogP contribution < -0.4 is 9.47 Å². The Kier molecular flexibility index (Phi) is 3.05. The summed E-state index contributed by atoms with van der Waals surface area (Å²) in [5, 5.41) is 13.7. The fourth-order valence-electron chi connectivity index (χ4n) is 2.62. The lowest BCUT2D eigenvalue weighted by Gasteiger charge is -2.29. The first-order valence-electron chi connectivity index (χ1n) is 6.85. The van der Waals surface area contributed by atoms with E-state index in [0.717, 1.165) is 16.7 Å². The van der Waals surface area contributed by atoms with Crippen molar-refractivity contribution < 1.29 is 14.6 Å². The lowest BCUT2D eigenvalue weighted by molar-refractivity contribution is -0.0104. The maximum absolute atomic E-state index is 10.7. The van der Waals surface area contributed by atoms with Crippen LogP contribution in [0.25, 0.3) is 10.1 Å². The third-order valence-electron chi connectivity index (χ3n) is 3.71. The second-order valence-electron chi connectivity index (χ2n) is 5.05. The van der Waals surface area contributed by atoms with Crippen LogP contribution in [-0.4, -0.2) is 17.8 Å². The second-order valence-corrected chi connectivity index (χ2v) is 5.96. The van der Waals surface area contributed by atoms with Gasteiger partial charge in [-0.3, -0.25) is 0 Å². The minimum Gasteiger partial charge on any atom is -0.486 e. The molecule has 1 aromatic heterocycles. The van der Waals surface area contributed by atoms with Gasteiger partial charge in [-0.25, -0.2) is 0 Å². The molecule has 3 nitrogen and oxygen atoms in total. The molecule has 4 heteroatoms. The van der Waals surface area contributed by atoms with Crippen LogP contribution in [0.15, 0.2) is 53.9 Å². The van der Waals surface area contributed by atoms with E-state index < -0.39 is 12.2 Å². The summed E-state index contributed by atoms with van der Waals surface area (Å²) in [5.41, 5.74) is 0.906. The van der Waals surface area contributed by atoms with Crippen LogP contribution in [0.2, 0.25) is 0 Å². The molecule has 2 atom stereocenters. The van der Waals surface area contributed by atoms with Gasteiger partial charge in [0.05, 0.1) is 0 Å². The van der Waals surface area contributed by atoms with Gasteiger partial charge in [0.25, 0.3) is 0 Å². The first kappa shape index (κ1) is 12.7. The van der Waals surface area contributed by atoms with Crippen molar-refractivity contribution in [2.45, 2.75) is 12.2 Å². The highest BCUT2D eigenvalue weighted by Gasteiger charge is 2.30. The number of fused-ring (bicyclic) bond motifs is 2. The molecule has 0 radical (unpaired) electrons. The normalized spacial score (nSPS) is 18.6. The molecule has 0 saturated heterocycles. The zero-order chi connectivity index (χ0) is 14.2. The van der Waals surface area contributed by atoms with Gasteiger partial charge in [-0.05, 0) is 29.0 Å². The molecule has 0 bridgehead atoms. The number of hydrogen-bond donors (Lipinski definition) is 1. The molecule has 2 aromatic carbocycles. The predicted molar refractivity (Wildman–Crippen MR) is 83.1 cm³/mol. The van der Waals surface area contributed by atoms with Gasteiger partial charge >= 0.3 is 0 Å². The number of para-hydroxylation sites is 2. The molecule has 1 aliphatic rings. The zero-order valence-electron chi connectivity index (χ0n) is 11.2. The smallest absolute Gasteiger partial charge is 0.163 e. The molecule has 0 spiro atoms. The fraction of sp³-hybridized carbons (Fsp3) is 0.176. The van der Waals surface area contributed by atoms with Crippen LogP contribution >= 0.6 is 11.3 Å². The number of ether oxygens (including phenoxy) is 2. The molecular weight excluding hydrogens is 284 g/mol. The summed E-state index contributed by atoms with van der Waals surface area (Å²) in [6.07, 6.45) is -1.09. The van der Waals surface area contributed by atoms with Crippen molar-refractivity contribution in [1.82, 2.24) is 0 Å². The van der Waals surface area contributed by atoms with Crippen LogP contribution in [0.5, 0.6) is 11.5 Å². The summed E-state index contributed by atoms with van der Waals surface area (Å²) in [6, 6.07) is 15.6. The Balaban J connectivity index is 1.65. The van der Waals surface area contributed by atoms with Gasteiger partial charge in [0.2, 0.25) is 0 Å². The van der Waals surface area contributed by atoms with E-state index in [1.54, 1.807) is 11.3 Å². The Morgan fingerprint density at radius 3 is 2.71 bits per heavy atom. The number of rotatable bonds is 2. The zero-order valence-corrected chi connectivity index (χ0v) is 12.0. The summed E-state index contributed by atoms with van der Waals surface area (Å²) in [6.45, 7) is 0.350. The van der Waals surface area contributed by atoms with E-state index in [9.17, 15) is 5.11 Å². The van der Waals surface area contributed by atoms with Gasteiger partial charge in [-0.1, -0.05) is 30.3 Å². The van der Waals surface area contributed by atoms with Crippen LogP contribution in [0.1, 0.15) is 11.7 Å². The van der Waals surface area contributed by atoms with Crippen LogP contribution in [0.4, 0.5) is 0 Å². The molecule has 4 rings (SSSR count). The third-order valence-corrected chi connectivity index (χ3v) is 4.69. The van der Waals surface area contributed by atoms with Gasteiger partial charge in [0, 0.05) is 10.3 Å². The predicted octanol–water partition coefficient (Wildman–Crippen LogP) is 3.77. The molecule has 0 amide bonds. The topological polar surface area (TPSA) is 38.7 Å². The van der Waals surface area contributed by atoms with E-state index in [0.29, 0.717) is 12.4 Å². The van der Waals surface area contributed by atoms with Crippen LogP contribution in [0, 0.1) is 0 Å². The SMILES string of the molecule is OC(c1csc2ccccc12)C1COc2ccccc2O1. The largest absolute Gasteiger partial charge is 0.486 e. The molecule has 0 fully saturated rings. The quantitative estimate of drug-likeness (QED) is 0.782. The van der Waals surface area contributed by atoms with E-state index in [-0.39, 0.29) is 0 Å². The maximum atomic E-state index is 10.7. The molecule has 1 N–H and O–H groups in total. The second kappa shape index (κ2) is 5.06. The lowest BCUT2D eigenvalue weighted by atomic mass is 10.0. The van der Waals surface area contributed by atoms with Gasteiger partial charge in [-0.15, -0.1) is 11.3 Å². The third kappa shape index (κ3) is 2.17. The van der Waals surface area contributed by atoms with Crippen molar-refractivity contribution in [3.05, 3.63) is 59.5 Å². The van der Waals surface area contributed by atoms with E-state index in [2.05, 4.69) is 6.07 Å². The monoisotopic (exact) mass is 298 g/mol. The van der Waals surface area contributed by atoms with Crippen LogP contribution in [-0.2, 0) is 0 Å². The molecule has 2 heterocycles. The van der Waals surface area contributed by atoms with Crippen molar-refractivity contribution in [3.63, 3.8) is 0 Å². The van der Waals surface area contributed by atoms with Gasteiger partial charge < -0.3 is 14.6 Å². The minimum absolute atomic E-state index is 0.350. The molecule has 3 aromatic rings. The summed E-state index contributed by atoms with van der Waals surface area (Å²) in [7, 11) is 0. The van der Waals surface area contributed by atoms with E-state index in [4.69, 9.17) is 9.47 Å². The standard InChI is InChI=1S/C17H14O3S/c18-17(12-10-21-16-8-4-1-5-11(12)16)15-9-19-13-6-2-3-7-14(13)20-15/h1-8,10,15,17-18H,9H2. The van der Waals surface area contributed by atoms with Gasteiger partial charge in [0.1, 0.15) is 12.7 Å². The average molecular weight is 298 g/mol. The number of aliphatic hydroxyl groups is 1. The van der Waals surface area contributed by atoms with Crippen molar-refractivity contribution in [3.8, 4) is 11.5 Å². The molecule has 21 heavy (non-hydrogen) atoms. The Morgan fingerprint density at radius 2 is 1.81 bits per heavy atom. The van der Waals surface area contributed by atoms with Crippen molar-refractivity contribution in [1.29, 1.82) is 0 Å². The van der Waals surface area contributed by atoms with Crippen LogP contribution in [0.3, 0.4) is 0 Å². The van der Waals surface area contributed by atoms with Crippen molar-refractivity contribution in [2.75, 3.05) is 6.61 Å². The Morgan fingerprint density at radius 1 is 1.05 bits per heavy atom. The average Bonchev–Trinajstić information content (AvgIpc) is 2.98. The summed E-state index contributed by atoms with van der Waals surface area (Å²) in [5.74, 6) is 1.42. The summed E-state index contributed by atoms with van der Waals surface area (Å²) in [4.78, 5) is 0. The Bertz CT molecular complexity index is 780. The first-order chi connectivity index (χ1) is 10.3. The number of aliphatic hydroxyl groups excluding tert-OH is 1. The number of benzene rings is 2. The van der Waals surface area contributed by atoms with Gasteiger partial charge in [-0.2, -0.15) is 0 Å². The molecule has 0 saturated carbocycles. The van der Waals surface area contributed by atoms with E-state index in [1.165, 1.54) is 4.70 Å². The Hall–Kier alpha value is -2.04. The highest BCUT2D eigenvalue weighted by molar-refractivity contribution is 7.17. The molecule has 106 valence electrons. The summed E-state index contributed by atoms with van der Waals surface area (Å²) < 4.78 is 12.8. The Labute approximate surface area is 126 Å². The first-order valence-corrected chi connectivity index (χ1v) is 7.73. The highest BCUT2D eigenvalue weighted by atomic mass is 32.1. The van der Waals surface area contributed by atoms with Crippen molar-refractivity contribution >= 4 is 21.4 Å². The van der Waals surface area contributed by atoms with E-state index in [1.807, 2.05) is 47.8 Å². The molecule has 0 aliphatic carbocycles. The number of hydrogen-bond acceptors (Lipinski definition) is 4. The van der Waals surface area contributed by atoms with Crippen molar-refractivity contribution in [2.24, 2.45) is 0 Å². The van der Waals surface area contributed by atoms with E-state index >= 15 is 0 Å². The van der Waals surface area contributed by atoms with Gasteiger partial charge in [0.15, 0.2) is 17.6 Å². The lowest BCUT2D eigenvalue weighted by Crippen LogP contribution is -2.34. The molecular formula is C17H14O3S. The fourth-order valence-corrected chi connectivity index (χ4v) is 3.61. The highest BCUT2D eigenvalue weighted by Crippen LogP contribution is 2.37. The minimum atomic E-state index is -0.700. The number of thiophene rings is 1.